The minimum absolute atomic E-state index is 0.263. The van der Waals surface area contributed by atoms with Crippen molar-refractivity contribution < 1.29 is 0 Å². The molecule has 0 unspecified atom stereocenters. The lowest BCUT2D eigenvalue weighted by Crippen LogP contribution is -2.54. The summed E-state index contributed by atoms with van der Waals surface area (Å²) in [5, 5.41) is 3.44. The van der Waals surface area contributed by atoms with E-state index in [4.69, 9.17) is 0 Å². The summed E-state index contributed by atoms with van der Waals surface area (Å²) in [6.45, 7) is 13.1. The van der Waals surface area contributed by atoms with Gasteiger partial charge in [0.2, 0.25) is 0 Å². The van der Waals surface area contributed by atoms with Crippen LogP contribution in [0.1, 0.15) is 32.0 Å². The lowest BCUT2D eigenvalue weighted by Gasteiger charge is -2.43. The molecular formula is C15H25N5. The van der Waals surface area contributed by atoms with E-state index in [0.717, 1.165) is 51.5 Å². The minimum atomic E-state index is 0.263. The predicted molar refractivity (Wildman–Crippen MR) is 81.0 cm³/mol. The van der Waals surface area contributed by atoms with Crippen LogP contribution in [0, 0.1) is 0 Å². The molecule has 2 aliphatic heterocycles. The van der Waals surface area contributed by atoms with Gasteiger partial charge in [0.25, 0.3) is 0 Å². The van der Waals surface area contributed by atoms with Crippen LogP contribution in [-0.2, 0) is 13.0 Å². The highest BCUT2D eigenvalue weighted by Crippen LogP contribution is 2.25. The van der Waals surface area contributed by atoms with Crippen LogP contribution in [-0.4, -0.2) is 53.1 Å². The predicted octanol–water partition coefficient (Wildman–Crippen LogP) is 1.04. The van der Waals surface area contributed by atoms with Crippen LogP contribution in [0.3, 0.4) is 0 Å². The molecule has 1 aromatic heterocycles. The Morgan fingerprint density at radius 1 is 1.10 bits per heavy atom. The molecule has 1 N–H and O–H groups in total. The van der Waals surface area contributed by atoms with Gasteiger partial charge in [-0.05, 0) is 20.8 Å². The molecule has 3 heterocycles. The fourth-order valence-electron chi connectivity index (χ4n) is 3.12. The van der Waals surface area contributed by atoms with E-state index in [-0.39, 0.29) is 5.54 Å². The Morgan fingerprint density at radius 3 is 2.55 bits per heavy atom. The van der Waals surface area contributed by atoms with Gasteiger partial charge in [0.1, 0.15) is 12.1 Å². The summed E-state index contributed by atoms with van der Waals surface area (Å²) in [6.07, 6.45) is 2.75. The highest BCUT2D eigenvalue weighted by molar-refractivity contribution is 5.49. The minimum Gasteiger partial charge on any atom is -0.354 e. The van der Waals surface area contributed by atoms with Crippen LogP contribution in [0.15, 0.2) is 6.33 Å². The molecule has 1 saturated heterocycles. The lowest BCUT2D eigenvalue weighted by molar-refractivity contribution is 0.128. The Kier molecular flexibility index (Phi) is 3.65. The summed E-state index contributed by atoms with van der Waals surface area (Å²) in [5.74, 6) is 1.15. The molecule has 1 aromatic rings. The van der Waals surface area contributed by atoms with Gasteiger partial charge in [-0.1, -0.05) is 0 Å². The number of anilines is 1. The summed E-state index contributed by atoms with van der Waals surface area (Å²) >= 11 is 0. The third kappa shape index (κ3) is 2.65. The van der Waals surface area contributed by atoms with E-state index in [1.807, 2.05) is 0 Å². The topological polar surface area (TPSA) is 44.3 Å². The van der Waals surface area contributed by atoms with E-state index >= 15 is 0 Å². The molecule has 5 nitrogen and oxygen atoms in total. The lowest BCUT2D eigenvalue weighted by atomic mass is 10.0. The second-order valence-corrected chi connectivity index (χ2v) is 6.69. The van der Waals surface area contributed by atoms with Crippen LogP contribution in [0.25, 0.3) is 0 Å². The van der Waals surface area contributed by atoms with Crippen molar-refractivity contribution in [1.29, 1.82) is 0 Å². The maximum Gasteiger partial charge on any atom is 0.136 e. The van der Waals surface area contributed by atoms with Gasteiger partial charge >= 0.3 is 0 Å². The molecule has 20 heavy (non-hydrogen) atoms. The molecule has 0 amide bonds. The molecule has 0 bridgehead atoms. The first-order chi connectivity index (χ1) is 9.55. The van der Waals surface area contributed by atoms with Crippen molar-refractivity contribution in [2.24, 2.45) is 0 Å². The smallest absolute Gasteiger partial charge is 0.136 e. The van der Waals surface area contributed by atoms with Gasteiger partial charge in [-0.3, -0.25) is 4.90 Å². The van der Waals surface area contributed by atoms with Crippen molar-refractivity contribution >= 4 is 5.82 Å². The van der Waals surface area contributed by atoms with Crippen LogP contribution in [0.2, 0.25) is 0 Å². The number of nitrogens with zero attached hydrogens (tertiary/aromatic N) is 4. The van der Waals surface area contributed by atoms with Crippen molar-refractivity contribution in [3.8, 4) is 0 Å². The molecule has 2 aliphatic rings. The Bertz CT molecular complexity index is 472. The fraction of sp³-hybridized carbons (Fsp3) is 0.733. The zero-order valence-corrected chi connectivity index (χ0v) is 12.8. The van der Waals surface area contributed by atoms with Gasteiger partial charge in [-0.25, -0.2) is 9.97 Å². The van der Waals surface area contributed by atoms with E-state index in [9.17, 15) is 0 Å². The number of hydrogen-bond acceptors (Lipinski definition) is 5. The van der Waals surface area contributed by atoms with Crippen molar-refractivity contribution in [2.75, 3.05) is 37.6 Å². The molecule has 3 rings (SSSR count). The van der Waals surface area contributed by atoms with E-state index in [0.29, 0.717) is 0 Å². The molecule has 110 valence electrons. The highest BCUT2D eigenvalue weighted by atomic mass is 15.3. The first-order valence-corrected chi connectivity index (χ1v) is 7.59. The molecule has 0 aromatic carbocycles. The van der Waals surface area contributed by atoms with E-state index in [1.54, 1.807) is 6.33 Å². The van der Waals surface area contributed by atoms with E-state index < -0.39 is 0 Å². The molecule has 0 atom stereocenters. The number of hydrogen-bond donors (Lipinski definition) is 1. The standard InChI is InChI=1S/C15H25N5/c1-15(2,3)20-8-6-19(7-9-20)14-12-10-16-5-4-13(12)17-11-18-14/h11,16H,4-10H2,1-3H3. The Hall–Kier alpha value is -1.20. The van der Waals surface area contributed by atoms with Crippen molar-refractivity contribution in [3.63, 3.8) is 0 Å². The average Bonchev–Trinajstić information content (AvgIpc) is 2.46. The van der Waals surface area contributed by atoms with Crippen LogP contribution < -0.4 is 10.2 Å². The van der Waals surface area contributed by atoms with E-state index in [2.05, 4.69) is 45.9 Å². The summed E-state index contributed by atoms with van der Waals surface area (Å²) in [6, 6.07) is 0. The molecule has 0 radical (unpaired) electrons. The average molecular weight is 275 g/mol. The number of nitrogens with one attached hydrogen (secondary N) is 1. The second kappa shape index (κ2) is 5.30. The molecular weight excluding hydrogens is 250 g/mol. The quantitative estimate of drug-likeness (QED) is 0.830. The normalized spacial score (nSPS) is 20.9. The largest absolute Gasteiger partial charge is 0.354 e. The van der Waals surface area contributed by atoms with Gasteiger partial charge in [-0.15, -0.1) is 0 Å². The number of aromatic nitrogens is 2. The maximum absolute atomic E-state index is 4.56. The molecule has 5 heteroatoms. The van der Waals surface area contributed by atoms with Gasteiger partial charge in [0, 0.05) is 56.8 Å². The van der Waals surface area contributed by atoms with Crippen LogP contribution in [0.4, 0.5) is 5.82 Å². The van der Waals surface area contributed by atoms with Crippen LogP contribution in [0.5, 0.6) is 0 Å². The Balaban J connectivity index is 1.76. The Morgan fingerprint density at radius 2 is 1.85 bits per heavy atom. The van der Waals surface area contributed by atoms with Gasteiger partial charge in [0.15, 0.2) is 0 Å². The SMILES string of the molecule is CC(C)(C)N1CCN(c2ncnc3c2CNCC3)CC1. The van der Waals surface area contributed by atoms with Gasteiger partial charge < -0.3 is 10.2 Å². The molecule has 0 spiro atoms. The Labute approximate surface area is 121 Å². The highest BCUT2D eigenvalue weighted by Gasteiger charge is 2.28. The molecule has 1 fully saturated rings. The van der Waals surface area contributed by atoms with Gasteiger partial charge in [-0.2, -0.15) is 0 Å². The maximum atomic E-state index is 4.56. The third-order valence-corrected chi connectivity index (χ3v) is 4.38. The summed E-state index contributed by atoms with van der Waals surface area (Å²) in [5.41, 5.74) is 2.80. The summed E-state index contributed by atoms with van der Waals surface area (Å²) in [7, 11) is 0. The first-order valence-electron chi connectivity index (χ1n) is 7.59. The van der Waals surface area contributed by atoms with Gasteiger partial charge in [0.05, 0.1) is 5.69 Å². The molecule has 0 aliphatic carbocycles. The van der Waals surface area contributed by atoms with E-state index in [1.165, 1.54) is 11.3 Å². The monoisotopic (exact) mass is 275 g/mol. The number of rotatable bonds is 1. The molecule has 0 saturated carbocycles. The summed E-state index contributed by atoms with van der Waals surface area (Å²) < 4.78 is 0. The van der Waals surface area contributed by atoms with Crippen molar-refractivity contribution in [3.05, 3.63) is 17.6 Å². The first kappa shape index (κ1) is 13.8. The third-order valence-electron chi connectivity index (χ3n) is 4.38. The second-order valence-electron chi connectivity index (χ2n) is 6.69. The van der Waals surface area contributed by atoms with Crippen molar-refractivity contribution in [1.82, 2.24) is 20.2 Å². The number of fused-ring (bicyclic) bond motifs is 1. The zero-order valence-electron chi connectivity index (χ0n) is 12.8. The fourth-order valence-corrected chi connectivity index (χ4v) is 3.12. The van der Waals surface area contributed by atoms with Crippen LogP contribution >= 0.6 is 0 Å². The zero-order chi connectivity index (χ0) is 14.2. The summed E-state index contributed by atoms with van der Waals surface area (Å²) in [4.78, 5) is 14.0. The number of piperazine rings is 1. The van der Waals surface area contributed by atoms with Crippen molar-refractivity contribution in [2.45, 2.75) is 39.3 Å².